The van der Waals surface area contributed by atoms with Crippen LogP contribution in [0.3, 0.4) is 0 Å². The lowest BCUT2D eigenvalue weighted by atomic mass is 10.1. The van der Waals surface area contributed by atoms with Gasteiger partial charge in [0, 0.05) is 5.56 Å². The number of aryl methyl sites for hydroxylation is 1. The van der Waals surface area contributed by atoms with E-state index in [2.05, 4.69) is 15.4 Å². The summed E-state index contributed by atoms with van der Waals surface area (Å²) in [5.41, 5.74) is 1.64. The Morgan fingerprint density at radius 3 is 2.80 bits per heavy atom. The predicted molar refractivity (Wildman–Crippen MR) is 53.2 cm³/mol. The zero-order valence-corrected chi connectivity index (χ0v) is 8.69. The first-order valence-electron chi connectivity index (χ1n) is 4.28. The van der Waals surface area contributed by atoms with Crippen LogP contribution in [0.1, 0.15) is 11.3 Å². The molecule has 0 radical (unpaired) electrons. The van der Waals surface area contributed by atoms with Crippen LogP contribution in [-0.4, -0.2) is 20.5 Å². The summed E-state index contributed by atoms with van der Waals surface area (Å²) in [6.07, 6.45) is 0. The molecule has 0 atom stereocenters. The van der Waals surface area contributed by atoms with Gasteiger partial charge in [-0.2, -0.15) is 0 Å². The zero-order chi connectivity index (χ0) is 10.8. The first kappa shape index (κ1) is 10.1. The fourth-order valence-corrected chi connectivity index (χ4v) is 1.32. The van der Waals surface area contributed by atoms with E-state index in [0.29, 0.717) is 27.9 Å². The molecule has 2 aromatic rings. The summed E-state index contributed by atoms with van der Waals surface area (Å²) in [7, 11) is 0. The van der Waals surface area contributed by atoms with Gasteiger partial charge in [0.05, 0.1) is 6.61 Å². The number of hydrogen-bond acceptors (Lipinski definition) is 5. The maximum Gasteiger partial charge on any atom is 0.151 e. The van der Waals surface area contributed by atoms with Gasteiger partial charge < -0.3 is 9.63 Å². The van der Waals surface area contributed by atoms with Crippen LogP contribution in [0, 0.1) is 6.92 Å². The normalized spacial score (nSPS) is 10.6. The molecule has 2 rings (SSSR count). The average molecular weight is 226 g/mol. The fourth-order valence-electron chi connectivity index (χ4n) is 1.22. The van der Waals surface area contributed by atoms with E-state index in [1.165, 1.54) is 0 Å². The third kappa shape index (κ3) is 1.84. The smallest absolute Gasteiger partial charge is 0.151 e. The van der Waals surface area contributed by atoms with Crippen molar-refractivity contribution in [2.45, 2.75) is 13.5 Å². The first-order valence-corrected chi connectivity index (χ1v) is 4.65. The van der Waals surface area contributed by atoms with Gasteiger partial charge in [-0.05, 0) is 19.1 Å². The second-order valence-electron chi connectivity index (χ2n) is 2.97. The van der Waals surface area contributed by atoms with Crippen molar-refractivity contribution < 1.29 is 9.63 Å². The van der Waals surface area contributed by atoms with Crippen LogP contribution in [0.15, 0.2) is 16.7 Å². The molecule has 2 heterocycles. The maximum atomic E-state index is 9.13. The molecule has 2 aromatic heterocycles. The predicted octanol–water partition coefficient (Wildman–Crippen LogP) is 1.59. The van der Waals surface area contributed by atoms with Gasteiger partial charge >= 0.3 is 0 Å². The van der Waals surface area contributed by atoms with Crippen LogP contribution in [0.5, 0.6) is 0 Å². The summed E-state index contributed by atoms with van der Waals surface area (Å²) in [6, 6.07) is 3.28. The molecule has 0 aromatic carbocycles. The second kappa shape index (κ2) is 3.96. The third-order valence-corrected chi connectivity index (χ3v) is 2.22. The lowest BCUT2D eigenvalue weighted by Crippen LogP contribution is -1.92. The van der Waals surface area contributed by atoms with Crippen molar-refractivity contribution in [1.29, 1.82) is 0 Å². The Balaban J connectivity index is 2.49. The topological polar surface area (TPSA) is 72.0 Å². The van der Waals surface area contributed by atoms with E-state index >= 15 is 0 Å². The lowest BCUT2D eigenvalue weighted by molar-refractivity contribution is 0.278. The molecule has 0 saturated carbocycles. The second-order valence-corrected chi connectivity index (χ2v) is 3.35. The van der Waals surface area contributed by atoms with Crippen LogP contribution in [0.25, 0.3) is 11.4 Å². The van der Waals surface area contributed by atoms with E-state index in [-0.39, 0.29) is 6.61 Å². The summed E-state index contributed by atoms with van der Waals surface area (Å²) in [6.45, 7) is 1.58. The standard InChI is InChI=1S/C9H8ClN3O2/c1-5-6(4-14)9(13-15-5)7-2-3-8(10)12-11-7/h2-3,14H,4H2,1H3. The molecule has 0 aliphatic heterocycles. The molecule has 0 saturated heterocycles. The Labute approximate surface area is 90.7 Å². The van der Waals surface area contributed by atoms with Gasteiger partial charge in [-0.3, -0.25) is 0 Å². The Morgan fingerprint density at radius 2 is 2.20 bits per heavy atom. The Hall–Kier alpha value is -1.46. The molecular formula is C9H8ClN3O2. The van der Waals surface area contributed by atoms with Crippen LogP contribution in [-0.2, 0) is 6.61 Å². The van der Waals surface area contributed by atoms with Crippen molar-refractivity contribution in [2.75, 3.05) is 0 Å². The highest BCUT2D eigenvalue weighted by molar-refractivity contribution is 6.29. The minimum Gasteiger partial charge on any atom is -0.391 e. The quantitative estimate of drug-likeness (QED) is 0.840. The SMILES string of the molecule is Cc1onc(-c2ccc(Cl)nn2)c1CO. The van der Waals surface area contributed by atoms with Crippen LogP contribution in [0.2, 0.25) is 5.15 Å². The molecule has 78 valence electrons. The van der Waals surface area contributed by atoms with Crippen molar-refractivity contribution in [3.8, 4) is 11.4 Å². The van der Waals surface area contributed by atoms with E-state index in [1.807, 2.05) is 0 Å². The number of nitrogens with zero attached hydrogens (tertiary/aromatic N) is 3. The Morgan fingerprint density at radius 1 is 1.40 bits per heavy atom. The molecule has 0 fully saturated rings. The molecule has 0 amide bonds. The van der Waals surface area contributed by atoms with Gasteiger partial charge in [0.2, 0.25) is 0 Å². The van der Waals surface area contributed by atoms with E-state index < -0.39 is 0 Å². The minimum atomic E-state index is -0.144. The van der Waals surface area contributed by atoms with E-state index in [4.69, 9.17) is 21.2 Å². The van der Waals surface area contributed by atoms with Gasteiger partial charge in [0.15, 0.2) is 5.15 Å². The molecule has 0 spiro atoms. The van der Waals surface area contributed by atoms with Crippen molar-refractivity contribution in [3.05, 3.63) is 28.6 Å². The van der Waals surface area contributed by atoms with Crippen molar-refractivity contribution in [1.82, 2.24) is 15.4 Å². The minimum absolute atomic E-state index is 0.144. The van der Waals surface area contributed by atoms with Gasteiger partial charge in [-0.15, -0.1) is 10.2 Å². The Kier molecular flexibility index (Phi) is 2.66. The highest BCUT2D eigenvalue weighted by Crippen LogP contribution is 2.23. The van der Waals surface area contributed by atoms with E-state index in [1.54, 1.807) is 19.1 Å². The highest BCUT2D eigenvalue weighted by Gasteiger charge is 2.14. The molecule has 0 bridgehead atoms. The van der Waals surface area contributed by atoms with Crippen LogP contribution in [0.4, 0.5) is 0 Å². The molecule has 0 unspecified atom stereocenters. The first-order chi connectivity index (χ1) is 7.22. The van der Waals surface area contributed by atoms with Crippen LogP contribution < -0.4 is 0 Å². The number of halogens is 1. The number of rotatable bonds is 2. The van der Waals surface area contributed by atoms with Crippen molar-refractivity contribution in [2.24, 2.45) is 0 Å². The van der Waals surface area contributed by atoms with Gasteiger partial charge in [-0.25, -0.2) is 0 Å². The molecular weight excluding hydrogens is 218 g/mol. The molecule has 5 nitrogen and oxygen atoms in total. The Bertz CT molecular complexity index is 467. The van der Waals surface area contributed by atoms with E-state index in [9.17, 15) is 0 Å². The van der Waals surface area contributed by atoms with Gasteiger partial charge in [0.1, 0.15) is 17.1 Å². The number of aliphatic hydroxyl groups is 1. The fraction of sp³-hybridized carbons (Fsp3) is 0.222. The summed E-state index contributed by atoms with van der Waals surface area (Å²) in [5, 5.41) is 20.8. The number of aromatic nitrogens is 3. The molecule has 6 heteroatoms. The molecule has 0 aliphatic rings. The van der Waals surface area contributed by atoms with Gasteiger partial charge in [0.25, 0.3) is 0 Å². The molecule has 15 heavy (non-hydrogen) atoms. The van der Waals surface area contributed by atoms with Crippen LogP contribution >= 0.6 is 11.6 Å². The molecule has 0 aliphatic carbocycles. The third-order valence-electron chi connectivity index (χ3n) is 2.02. The number of hydrogen-bond donors (Lipinski definition) is 1. The van der Waals surface area contributed by atoms with Gasteiger partial charge in [-0.1, -0.05) is 16.8 Å². The summed E-state index contributed by atoms with van der Waals surface area (Å²) in [5.74, 6) is 0.573. The summed E-state index contributed by atoms with van der Waals surface area (Å²) >= 11 is 5.61. The zero-order valence-electron chi connectivity index (χ0n) is 7.94. The van der Waals surface area contributed by atoms with E-state index in [0.717, 1.165) is 0 Å². The summed E-state index contributed by atoms with van der Waals surface area (Å²) in [4.78, 5) is 0. The van der Waals surface area contributed by atoms with Crippen molar-refractivity contribution in [3.63, 3.8) is 0 Å². The summed E-state index contributed by atoms with van der Waals surface area (Å²) < 4.78 is 4.96. The largest absolute Gasteiger partial charge is 0.391 e. The average Bonchev–Trinajstić information content (AvgIpc) is 2.61. The monoisotopic (exact) mass is 225 g/mol. The number of aliphatic hydroxyl groups excluding tert-OH is 1. The lowest BCUT2D eigenvalue weighted by Gasteiger charge is -1.96. The maximum absolute atomic E-state index is 9.13. The molecule has 1 N–H and O–H groups in total. The van der Waals surface area contributed by atoms with Crippen molar-refractivity contribution >= 4 is 11.6 Å². The highest BCUT2D eigenvalue weighted by atomic mass is 35.5.